The fraction of sp³-hybridized carbons (Fsp3) is 0.235. The molecule has 3 rings (SSSR count). The Morgan fingerprint density at radius 2 is 1.95 bits per heavy atom. The predicted molar refractivity (Wildman–Crippen MR) is 85.0 cm³/mol. The van der Waals surface area contributed by atoms with Gasteiger partial charge in [-0.1, -0.05) is 35.9 Å². The molecule has 1 amide bonds. The Morgan fingerprint density at radius 3 is 2.64 bits per heavy atom. The Bertz CT molecular complexity index is 742. The Hall–Kier alpha value is -2.20. The minimum Gasteiger partial charge on any atom is -0.483 e. The van der Waals surface area contributed by atoms with Gasteiger partial charge >= 0.3 is 6.09 Å². The van der Waals surface area contributed by atoms with E-state index in [9.17, 15) is 4.79 Å². The van der Waals surface area contributed by atoms with Crippen molar-refractivity contribution in [2.75, 3.05) is 0 Å². The number of carbonyl (C=O) groups excluding carboxylic acids is 1. The average molecular weight is 318 g/mol. The van der Waals surface area contributed by atoms with Crippen LogP contribution < -0.4 is 10.5 Å². The fourth-order valence-corrected chi connectivity index (χ4v) is 2.91. The minimum atomic E-state index is -0.812. The highest BCUT2D eigenvalue weighted by atomic mass is 35.5. The van der Waals surface area contributed by atoms with Crippen molar-refractivity contribution in [1.82, 2.24) is 0 Å². The quantitative estimate of drug-likeness (QED) is 0.897. The zero-order valence-corrected chi connectivity index (χ0v) is 13.1. The molecule has 1 atom stereocenters. The van der Waals surface area contributed by atoms with Crippen molar-refractivity contribution in [3.05, 3.63) is 53.1 Å². The Kier molecular flexibility index (Phi) is 3.49. The molecule has 0 aromatic heterocycles. The molecule has 1 unspecified atom stereocenters. The maximum atomic E-state index is 11.1. The lowest BCUT2D eigenvalue weighted by atomic mass is 9.95. The van der Waals surface area contributed by atoms with Gasteiger partial charge in [-0.15, -0.1) is 0 Å². The van der Waals surface area contributed by atoms with Crippen molar-refractivity contribution in [3.8, 4) is 16.9 Å². The van der Waals surface area contributed by atoms with Crippen LogP contribution in [-0.2, 0) is 4.74 Å². The summed E-state index contributed by atoms with van der Waals surface area (Å²) in [5.74, 6) is 0.689. The van der Waals surface area contributed by atoms with Gasteiger partial charge in [0.15, 0.2) is 6.10 Å². The molecule has 4 nitrogen and oxygen atoms in total. The number of halogens is 1. The summed E-state index contributed by atoms with van der Waals surface area (Å²) < 4.78 is 11.1. The molecule has 114 valence electrons. The minimum absolute atomic E-state index is 0.520. The van der Waals surface area contributed by atoms with E-state index in [2.05, 4.69) is 0 Å². The van der Waals surface area contributed by atoms with E-state index in [4.69, 9.17) is 26.8 Å². The van der Waals surface area contributed by atoms with Gasteiger partial charge in [0.2, 0.25) is 0 Å². The number of carbonyl (C=O) groups is 1. The second-order valence-electron chi connectivity index (χ2n) is 5.79. The van der Waals surface area contributed by atoms with E-state index < -0.39 is 17.8 Å². The maximum absolute atomic E-state index is 11.1. The molecule has 0 bridgehead atoms. The summed E-state index contributed by atoms with van der Waals surface area (Å²) >= 11 is 6.04. The Balaban J connectivity index is 2.01. The number of primary amides is 1. The van der Waals surface area contributed by atoms with Gasteiger partial charge in [0.1, 0.15) is 11.4 Å². The van der Waals surface area contributed by atoms with Crippen LogP contribution in [-0.4, -0.2) is 11.7 Å². The van der Waals surface area contributed by atoms with Gasteiger partial charge in [0.25, 0.3) is 0 Å². The van der Waals surface area contributed by atoms with Gasteiger partial charge in [-0.3, -0.25) is 0 Å². The van der Waals surface area contributed by atoms with E-state index in [1.807, 2.05) is 56.3 Å². The van der Waals surface area contributed by atoms with Crippen molar-refractivity contribution in [2.45, 2.75) is 25.6 Å². The van der Waals surface area contributed by atoms with Crippen molar-refractivity contribution >= 4 is 17.7 Å². The molecule has 22 heavy (non-hydrogen) atoms. The van der Waals surface area contributed by atoms with Crippen LogP contribution >= 0.6 is 11.6 Å². The Labute approximate surface area is 133 Å². The molecule has 2 aromatic carbocycles. The molecule has 0 saturated heterocycles. The summed E-state index contributed by atoms with van der Waals surface area (Å²) in [6.07, 6.45) is -1.33. The number of hydrogen-bond donors (Lipinski definition) is 1. The lowest BCUT2D eigenvalue weighted by Gasteiger charge is -2.25. The zero-order valence-electron chi connectivity index (χ0n) is 12.3. The summed E-state index contributed by atoms with van der Waals surface area (Å²) in [7, 11) is 0. The molecule has 1 aliphatic heterocycles. The highest BCUT2D eigenvalue weighted by molar-refractivity contribution is 6.30. The van der Waals surface area contributed by atoms with Gasteiger partial charge in [0, 0.05) is 10.6 Å². The van der Waals surface area contributed by atoms with Gasteiger partial charge in [0.05, 0.1) is 0 Å². The second-order valence-corrected chi connectivity index (χ2v) is 6.22. The third kappa shape index (κ3) is 2.62. The third-order valence-corrected chi connectivity index (χ3v) is 3.93. The number of fused-ring (bicyclic) bond motifs is 1. The molecule has 0 fully saturated rings. The molecular formula is C17H16ClNO3. The van der Waals surface area contributed by atoms with Crippen LogP contribution in [0.4, 0.5) is 4.79 Å². The lowest BCUT2D eigenvalue weighted by Crippen LogP contribution is -2.34. The van der Waals surface area contributed by atoms with Crippen LogP contribution in [0.2, 0.25) is 5.02 Å². The molecule has 0 spiro atoms. The van der Waals surface area contributed by atoms with Crippen molar-refractivity contribution in [2.24, 2.45) is 5.73 Å². The maximum Gasteiger partial charge on any atom is 0.405 e. The zero-order chi connectivity index (χ0) is 15.9. The molecule has 0 radical (unpaired) electrons. The van der Waals surface area contributed by atoms with E-state index in [0.717, 1.165) is 16.7 Å². The Morgan fingerprint density at radius 1 is 1.23 bits per heavy atom. The van der Waals surface area contributed by atoms with Crippen LogP contribution in [0.15, 0.2) is 42.5 Å². The third-order valence-electron chi connectivity index (χ3n) is 3.69. The highest BCUT2D eigenvalue weighted by Gasteiger charge is 2.43. The van der Waals surface area contributed by atoms with Gasteiger partial charge in [-0.25, -0.2) is 4.79 Å². The number of nitrogens with two attached hydrogens (primary N) is 1. The standard InChI is InChI=1S/C17H16ClNO3/c1-17(2)15(21-16(19)20)13-7-6-11(9-14(13)22-17)10-4-3-5-12(18)8-10/h3-9,15H,1-2H3,(H2,19,20). The number of ether oxygens (including phenoxy) is 2. The normalized spacial score (nSPS) is 18.4. The van der Waals surface area contributed by atoms with Crippen LogP contribution in [0.1, 0.15) is 25.5 Å². The largest absolute Gasteiger partial charge is 0.483 e. The van der Waals surface area contributed by atoms with Crippen LogP contribution in [0.3, 0.4) is 0 Å². The first-order chi connectivity index (χ1) is 10.4. The fourth-order valence-electron chi connectivity index (χ4n) is 2.72. The first-order valence-corrected chi connectivity index (χ1v) is 7.29. The van der Waals surface area contributed by atoms with Crippen molar-refractivity contribution in [1.29, 1.82) is 0 Å². The van der Waals surface area contributed by atoms with Crippen LogP contribution in [0, 0.1) is 0 Å². The highest BCUT2D eigenvalue weighted by Crippen LogP contribution is 2.46. The summed E-state index contributed by atoms with van der Waals surface area (Å²) in [6.45, 7) is 3.72. The first kappa shape index (κ1) is 14.7. The summed E-state index contributed by atoms with van der Waals surface area (Å²) in [5.41, 5.74) is 7.29. The van der Waals surface area contributed by atoms with E-state index in [-0.39, 0.29) is 0 Å². The van der Waals surface area contributed by atoms with Gasteiger partial charge in [-0.2, -0.15) is 0 Å². The SMILES string of the molecule is CC1(C)Oc2cc(-c3cccc(Cl)c3)ccc2C1OC(N)=O. The van der Waals surface area contributed by atoms with E-state index in [0.29, 0.717) is 10.8 Å². The summed E-state index contributed by atoms with van der Waals surface area (Å²) in [5, 5.41) is 0.675. The number of benzene rings is 2. The van der Waals surface area contributed by atoms with E-state index in [1.54, 1.807) is 0 Å². The van der Waals surface area contributed by atoms with Crippen LogP contribution in [0.5, 0.6) is 5.75 Å². The molecular weight excluding hydrogens is 302 g/mol. The lowest BCUT2D eigenvalue weighted by molar-refractivity contribution is -0.0100. The van der Waals surface area contributed by atoms with Gasteiger partial charge < -0.3 is 15.2 Å². The number of amides is 1. The molecule has 2 aromatic rings. The second kappa shape index (κ2) is 5.21. The molecule has 1 aliphatic rings. The van der Waals surface area contributed by atoms with Crippen molar-refractivity contribution < 1.29 is 14.3 Å². The van der Waals surface area contributed by atoms with Crippen LogP contribution in [0.25, 0.3) is 11.1 Å². The predicted octanol–water partition coefficient (Wildman–Crippen LogP) is 4.31. The topological polar surface area (TPSA) is 61.6 Å². The summed E-state index contributed by atoms with van der Waals surface area (Å²) in [6, 6.07) is 13.4. The first-order valence-electron chi connectivity index (χ1n) is 6.92. The number of rotatable bonds is 2. The van der Waals surface area contributed by atoms with E-state index in [1.165, 1.54) is 0 Å². The molecule has 0 aliphatic carbocycles. The smallest absolute Gasteiger partial charge is 0.405 e. The molecule has 5 heteroatoms. The average Bonchev–Trinajstić information content (AvgIpc) is 2.68. The number of hydrogen-bond acceptors (Lipinski definition) is 3. The summed E-state index contributed by atoms with van der Waals surface area (Å²) in [4.78, 5) is 11.1. The monoisotopic (exact) mass is 317 g/mol. The molecule has 1 heterocycles. The molecule has 2 N–H and O–H groups in total. The van der Waals surface area contributed by atoms with Gasteiger partial charge in [-0.05, 0) is 43.2 Å². The molecule has 0 saturated carbocycles. The van der Waals surface area contributed by atoms with E-state index >= 15 is 0 Å². The van der Waals surface area contributed by atoms with Crippen molar-refractivity contribution in [3.63, 3.8) is 0 Å².